The maximum Gasteiger partial charge on any atom is 0.270 e. The van der Waals surface area contributed by atoms with Crippen molar-refractivity contribution >= 4 is 21.8 Å². The van der Waals surface area contributed by atoms with E-state index in [9.17, 15) is 4.79 Å². The zero-order chi connectivity index (χ0) is 14.8. The molecule has 2 aromatic rings. The van der Waals surface area contributed by atoms with E-state index in [1.807, 2.05) is 43.6 Å². The minimum absolute atomic E-state index is 0.0897. The van der Waals surface area contributed by atoms with Crippen molar-refractivity contribution in [1.29, 1.82) is 0 Å². The lowest BCUT2D eigenvalue weighted by atomic mass is 9.93. The number of benzene rings is 1. The van der Waals surface area contributed by atoms with Crippen molar-refractivity contribution in [1.82, 2.24) is 9.47 Å². The van der Waals surface area contributed by atoms with Crippen LogP contribution < -0.4 is 0 Å². The van der Waals surface area contributed by atoms with E-state index < -0.39 is 0 Å². The van der Waals surface area contributed by atoms with Gasteiger partial charge in [0.05, 0.1) is 0 Å². The highest BCUT2D eigenvalue weighted by molar-refractivity contribution is 9.10. The van der Waals surface area contributed by atoms with Crippen LogP contribution in [0.5, 0.6) is 0 Å². The van der Waals surface area contributed by atoms with Gasteiger partial charge in [0.1, 0.15) is 5.69 Å². The SMILES string of the molecule is CN(Cc1cccc(Br)c1)C(=O)c1cccn1C1CCC1. The van der Waals surface area contributed by atoms with Crippen molar-refractivity contribution in [3.8, 4) is 0 Å². The summed E-state index contributed by atoms with van der Waals surface area (Å²) in [7, 11) is 1.86. The highest BCUT2D eigenvalue weighted by Gasteiger charge is 2.24. The molecule has 1 aromatic heterocycles. The second kappa shape index (κ2) is 6.06. The zero-order valence-corrected chi connectivity index (χ0v) is 13.7. The summed E-state index contributed by atoms with van der Waals surface area (Å²) in [4.78, 5) is 14.4. The van der Waals surface area contributed by atoms with E-state index in [1.165, 1.54) is 19.3 Å². The Labute approximate surface area is 133 Å². The van der Waals surface area contributed by atoms with Crippen LogP contribution in [0.2, 0.25) is 0 Å². The number of hydrogen-bond donors (Lipinski definition) is 0. The van der Waals surface area contributed by atoms with Gasteiger partial charge >= 0.3 is 0 Å². The lowest BCUT2D eigenvalue weighted by Gasteiger charge is -2.29. The van der Waals surface area contributed by atoms with Crippen LogP contribution in [0.4, 0.5) is 0 Å². The van der Waals surface area contributed by atoms with E-state index in [4.69, 9.17) is 0 Å². The van der Waals surface area contributed by atoms with Gasteiger partial charge in [0.2, 0.25) is 0 Å². The number of nitrogens with zero attached hydrogens (tertiary/aromatic N) is 2. The van der Waals surface area contributed by atoms with Crippen LogP contribution in [0.25, 0.3) is 0 Å². The molecule has 0 aliphatic heterocycles. The third kappa shape index (κ3) is 3.05. The molecule has 110 valence electrons. The van der Waals surface area contributed by atoms with E-state index in [0.29, 0.717) is 12.6 Å². The number of aromatic nitrogens is 1. The normalized spacial score (nSPS) is 14.8. The van der Waals surface area contributed by atoms with E-state index in [1.54, 1.807) is 4.90 Å². The van der Waals surface area contributed by atoms with Crippen molar-refractivity contribution in [2.45, 2.75) is 31.8 Å². The standard InChI is InChI=1S/C17H19BrN2O/c1-19(12-13-5-2-6-14(18)11-13)17(21)16-9-4-10-20(16)15-7-3-8-15/h2,4-6,9-11,15H,3,7-8,12H2,1H3. The summed E-state index contributed by atoms with van der Waals surface area (Å²) in [6.07, 6.45) is 5.67. The molecule has 0 radical (unpaired) electrons. The average Bonchev–Trinajstić information content (AvgIpc) is 2.84. The number of halogens is 1. The molecule has 3 nitrogen and oxygen atoms in total. The third-order valence-electron chi connectivity index (χ3n) is 4.12. The number of carbonyl (C=O) groups is 1. The van der Waals surface area contributed by atoms with E-state index in [0.717, 1.165) is 15.7 Å². The summed E-state index contributed by atoms with van der Waals surface area (Å²) in [5.74, 6) is 0.0897. The van der Waals surface area contributed by atoms with Gasteiger partial charge in [0, 0.05) is 30.3 Å². The van der Waals surface area contributed by atoms with Crippen LogP contribution in [0.1, 0.15) is 41.4 Å². The molecule has 1 aromatic carbocycles. The van der Waals surface area contributed by atoms with Crippen LogP contribution in [0, 0.1) is 0 Å². The topological polar surface area (TPSA) is 25.2 Å². The van der Waals surface area contributed by atoms with Gasteiger partial charge in [-0.2, -0.15) is 0 Å². The predicted octanol–water partition coefficient (Wildman–Crippen LogP) is 4.25. The quantitative estimate of drug-likeness (QED) is 0.812. The fourth-order valence-electron chi connectivity index (χ4n) is 2.73. The maximum atomic E-state index is 12.7. The Bertz CT molecular complexity index is 646. The number of rotatable bonds is 4. The predicted molar refractivity (Wildman–Crippen MR) is 87.3 cm³/mol. The summed E-state index contributed by atoms with van der Waals surface area (Å²) in [5.41, 5.74) is 1.93. The molecule has 21 heavy (non-hydrogen) atoms. The van der Waals surface area contributed by atoms with Crippen LogP contribution in [-0.4, -0.2) is 22.4 Å². The van der Waals surface area contributed by atoms with Crippen molar-refractivity contribution in [2.24, 2.45) is 0 Å². The van der Waals surface area contributed by atoms with Gasteiger partial charge in [-0.1, -0.05) is 28.1 Å². The molecule has 0 unspecified atom stereocenters. The molecule has 1 heterocycles. The Hall–Kier alpha value is -1.55. The zero-order valence-electron chi connectivity index (χ0n) is 12.1. The second-order valence-corrected chi connectivity index (χ2v) is 6.59. The number of hydrogen-bond acceptors (Lipinski definition) is 1. The van der Waals surface area contributed by atoms with Gasteiger partial charge in [0.25, 0.3) is 5.91 Å². The van der Waals surface area contributed by atoms with Crippen molar-refractivity contribution in [2.75, 3.05) is 7.05 Å². The molecule has 0 atom stereocenters. The molecule has 1 saturated carbocycles. The van der Waals surface area contributed by atoms with Gasteiger partial charge in [0.15, 0.2) is 0 Å². The summed E-state index contributed by atoms with van der Waals surface area (Å²) in [6.45, 7) is 0.619. The third-order valence-corrected chi connectivity index (χ3v) is 4.61. The van der Waals surface area contributed by atoms with Crippen molar-refractivity contribution < 1.29 is 4.79 Å². The summed E-state index contributed by atoms with van der Waals surface area (Å²) < 4.78 is 3.18. The minimum Gasteiger partial charge on any atom is -0.340 e. The second-order valence-electron chi connectivity index (χ2n) is 5.68. The Morgan fingerprint density at radius 3 is 2.81 bits per heavy atom. The molecule has 4 heteroatoms. The van der Waals surface area contributed by atoms with E-state index in [2.05, 4.69) is 26.6 Å². The molecule has 1 aliphatic carbocycles. The summed E-state index contributed by atoms with van der Waals surface area (Å²) >= 11 is 3.47. The maximum absolute atomic E-state index is 12.7. The molecule has 1 fully saturated rings. The van der Waals surface area contributed by atoms with E-state index >= 15 is 0 Å². The smallest absolute Gasteiger partial charge is 0.270 e. The van der Waals surface area contributed by atoms with Gasteiger partial charge in [-0.15, -0.1) is 0 Å². The van der Waals surface area contributed by atoms with Crippen molar-refractivity contribution in [3.05, 3.63) is 58.3 Å². The highest BCUT2D eigenvalue weighted by atomic mass is 79.9. The first-order valence-electron chi connectivity index (χ1n) is 7.32. The molecule has 1 amide bonds. The largest absolute Gasteiger partial charge is 0.340 e. The fourth-order valence-corrected chi connectivity index (χ4v) is 3.18. The van der Waals surface area contributed by atoms with Crippen molar-refractivity contribution in [3.63, 3.8) is 0 Å². The fraction of sp³-hybridized carbons (Fsp3) is 0.353. The average molecular weight is 347 g/mol. The van der Waals surface area contributed by atoms with Gasteiger partial charge < -0.3 is 9.47 Å². The van der Waals surface area contributed by atoms with Gasteiger partial charge in [-0.3, -0.25) is 4.79 Å². The summed E-state index contributed by atoms with van der Waals surface area (Å²) in [6, 6.07) is 12.5. The Morgan fingerprint density at radius 1 is 1.33 bits per heavy atom. The molecular formula is C17H19BrN2O. The Kier molecular flexibility index (Phi) is 4.15. The van der Waals surface area contributed by atoms with Gasteiger partial charge in [-0.25, -0.2) is 0 Å². The molecule has 0 saturated heterocycles. The highest BCUT2D eigenvalue weighted by Crippen LogP contribution is 2.33. The molecule has 3 rings (SSSR count). The summed E-state index contributed by atoms with van der Waals surface area (Å²) in [5, 5.41) is 0. The molecule has 0 bridgehead atoms. The first kappa shape index (κ1) is 14.4. The Morgan fingerprint density at radius 2 is 2.14 bits per heavy atom. The Balaban J connectivity index is 1.74. The minimum atomic E-state index is 0.0897. The lowest BCUT2D eigenvalue weighted by molar-refractivity contribution is 0.0768. The monoisotopic (exact) mass is 346 g/mol. The van der Waals surface area contributed by atoms with Gasteiger partial charge in [-0.05, 0) is 49.1 Å². The first-order chi connectivity index (χ1) is 10.1. The molecular weight excluding hydrogens is 328 g/mol. The molecule has 0 N–H and O–H groups in total. The molecule has 0 spiro atoms. The van der Waals surface area contributed by atoms with E-state index in [-0.39, 0.29) is 5.91 Å². The lowest BCUT2D eigenvalue weighted by Crippen LogP contribution is -2.30. The number of amides is 1. The number of carbonyl (C=O) groups excluding carboxylic acids is 1. The van der Waals surface area contributed by atoms with Crippen LogP contribution in [0.3, 0.4) is 0 Å². The molecule has 1 aliphatic rings. The van der Waals surface area contributed by atoms with Crippen LogP contribution in [0.15, 0.2) is 47.1 Å². The van der Waals surface area contributed by atoms with Crippen LogP contribution >= 0.6 is 15.9 Å². The van der Waals surface area contributed by atoms with Crippen LogP contribution in [-0.2, 0) is 6.54 Å². The first-order valence-corrected chi connectivity index (χ1v) is 8.11.